The summed E-state index contributed by atoms with van der Waals surface area (Å²) in [6, 6.07) is 9.96. The Kier molecular flexibility index (Phi) is 4.09. The van der Waals surface area contributed by atoms with Gasteiger partial charge in [-0.05, 0) is 25.3 Å². The standard InChI is InChI=1S/C16H20N4O2/c1-11(17-16(21)20(2)13-8-9-13)15-18-14(22-19-15)10-12-6-4-3-5-7-12/h3-7,11,13H,8-10H2,1-2H3,(H,17,21)/t11-/m1/s1. The monoisotopic (exact) mass is 300 g/mol. The van der Waals surface area contributed by atoms with Crippen LogP contribution in [0.2, 0.25) is 0 Å². The van der Waals surface area contributed by atoms with Crippen molar-refractivity contribution in [3.8, 4) is 0 Å². The van der Waals surface area contributed by atoms with Crippen LogP contribution in [0.15, 0.2) is 34.9 Å². The number of rotatable bonds is 5. The van der Waals surface area contributed by atoms with E-state index in [1.165, 1.54) is 0 Å². The molecule has 0 saturated heterocycles. The molecule has 2 amide bonds. The minimum atomic E-state index is -0.276. The molecule has 2 aromatic rings. The first kappa shape index (κ1) is 14.6. The molecule has 1 atom stereocenters. The van der Waals surface area contributed by atoms with Gasteiger partial charge < -0.3 is 14.7 Å². The van der Waals surface area contributed by atoms with Gasteiger partial charge in [0.15, 0.2) is 5.82 Å². The predicted molar refractivity (Wildman–Crippen MR) is 81.3 cm³/mol. The van der Waals surface area contributed by atoms with Gasteiger partial charge in [-0.25, -0.2) is 4.79 Å². The van der Waals surface area contributed by atoms with Crippen LogP contribution >= 0.6 is 0 Å². The second kappa shape index (κ2) is 6.17. The molecule has 116 valence electrons. The minimum Gasteiger partial charge on any atom is -0.339 e. The molecule has 0 bridgehead atoms. The minimum absolute atomic E-state index is 0.0931. The number of nitrogens with one attached hydrogen (secondary N) is 1. The van der Waals surface area contributed by atoms with Crippen molar-refractivity contribution in [1.82, 2.24) is 20.4 Å². The smallest absolute Gasteiger partial charge is 0.317 e. The Morgan fingerprint density at radius 1 is 1.41 bits per heavy atom. The van der Waals surface area contributed by atoms with E-state index in [4.69, 9.17) is 4.52 Å². The van der Waals surface area contributed by atoms with E-state index in [1.54, 1.807) is 4.90 Å². The first-order valence-electron chi connectivity index (χ1n) is 7.53. The molecule has 1 fully saturated rings. The fourth-order valence-corrected chi connectivity index (χ4v) is 2.27. The molecule has 1 aromatic carbocycles. The summed E-state index contributed by atoms with van der Waals surface area (Å²) in [5.74, 6) is 1.06. The third-order valence-corrected chi connectivity index (χ3v) is 3.82. The van der Waals surface area contributed by atoms with Crippen molar-refractivity contribution in [2.24, 2.45) is 0 Å². The number of amides is 2. The van der Waals surface area contributed by atoms with Crippen molar-refractivity contribution in [3.05, 3.63) is 47.6 Å². The van der Waals surface area contributed by atoms with Gasteiger partial charge in [-0.2, -0.15) is 4.98 Å². The Balaban J connectivity index is 1.59. The number of carbonyl (C=O) groups excluding carboxylic acids is 1. The average Bonchev–Trinajstić information content (AvgIpc) is 3.27. The summed E-state index contributed by atoms with van der Waals surface area (Å²) in [6.07, 6.45) is 2.76. The maximum atomic E-state index is 12.0. The summed E-state index contributed by atoms with van der Waals surface area (Å²) in [5.41, 5.74) is 1.11. The highest BCUT2D eigenvalue weighted by Gasteiger charge is 2.30. The van der Waals surface area contributed by atoms with Crippen LogP contribution < -0.4 is 5.32 Å². The zero-order valence-corrected chi connectivity index (χ0v) is 12.8. The number of aromatic nitrogens is 2. The molecule has 6 nitrogen and oxygen atoms in total. The van der Waals surface area contributed by atoms with Crippen molar-refractivity contribution in [2.45, 2.75) is 38.3 Å². The van der Waals surface area contributed by atoms with E-state index in [0.29, 0.717) is 24.2 Å². The van der Waals surface area contributed by atoms with E-state index >= 15 is 0 Å². The fraction of sp³-hybridized carbons (Fsp3) is 0.438. The highest BCUT2D eigenvalue weighted by Crippen LogP contribution is 2.25. The summed E-state index contributed by atoms with van der Waals surface area (Å²) >= 11 is 0. The highest BCUT2D eigenvalue weighted by molar-refractivity contribution is 5.74. The Bertz CT molecular complexity index is 637. The van der Waals surface area contributed by atoms with Gasteiger partial charge in [0.25, 0.3) is 0 Å². The molecule has 0 radical (unpaired) electrons. The average molecular weight is 300 g/mol. The molecule has 1 heterocycles. The maximum Gasteiger partial charge on any atom is 0.317 e. The molecule has 6 heteroatoms. The summed E-state index contributed by atoms with van der Waals surface area (Å²) in [7, 11) is 1.82. The first-order chi connectivity index (χ1) is 10.6. The normalized spacial score (nSPS) is 15.4. The van der Waals surface area contributed by atoms with Gasteiger partial charge in [-0.15, -0.1) is 0 Å². The van der Waals surface area contributed by atoms with Gasteiger partial charge in [0.05, 0.1) is 12.5 Å². The summed E-state index contributed by atoms with van der Waals surface area (Å²) in [4.78, 5) is 18.1. The molecule has 1 aromatic heterocycles. The number of urea groups is 1. The Morgan fingerprint density at radius 3 is 2.82 bits per heavy atom. The second-order valence-corrected chi connectivity index (χ2v) is 5.72. The van der Waals surface area contributed by atoms with Crippen molar-refractivity contribution in [1.29, 1.82) is 0 Å². The molecule has 1 aliphatic rings. The maximum absolute atomic E-state index is 12.0. The topological polar surface area (TPSA) is 71.3 Å². The Hall–Kier alpha value is -2.37. The van der Waals surface area contributed by atoms with Crippen LogP contribution in [0.25, 0.3) is 0 Å². The fourth-order valence-electron chi connectivity index (χ4n) is 2.27. The van der Waals surface area contributed by atoms with Crippen LogP contribution in [0, 0.1) is 0 Å². The Morgan fingerprint density at radius 2 is 2.14 bits per heavy atom. The van der Waals surface area contributed by atoms with E-state index in [2.05, 4.69) is 15.5 Å². The van der Waals surface area contributed by atoms with Crippen molar-refractivity contribution >= 4 is 6.03 Å². The molecular formula is C16H20N4O2. The van der Waals surface area contributed by atoms with Gasteiger partial charge in [0, 0.05) is 13.1 Å². The number of hydrogen-bond acceptors (Lipinski definition) is 4. The third-order valence-electron chi connectivity index (χ3n) is 3.82. The van der Waals surface area contributed by atoms with Gasteiger partial charge in [-0.3, -0.25) is 0 Å². The van der Waals surface area contributed by atoms with Gasteiger partial charge in [0.2, 0.25) is 5.89 Å². The lowest BCUT2D eigenvalue weighted by atomic mass is 10.1. The van der Waals surface area contributed by atoms with Crippen LogP contribution in [0.1, 0.15) is 43.1 Å². The summed E-state index contributed by atoms with van der Waals surface area (Å²) in [5, 5.41) is 6.86. The lowest BCUT2D eigenvalue weighted by molar-refractivity contribution is 0.202. The van der Waals surface area contributed by atoms with Gasteiger partial charge in [0.1, 0.15) is 0 Å². The van der Waals surface area contributed by atoms with Crippen LogP contribution in [-0.4, -0.2) is 34.2 Å². The molecule has 1 saturated carbocycles. The number of nitrogens with zero attached hydrogens (tertiary/aromatic N) is 3. The van der Waals surface area contributed by atoms with Crippen molar-refractivity contribution in [3.63, 3.8) is 0 Å². The quantitative estimate of drug-likeness (QED) is 0.921. The van der Waals surface area contributed by atoms with E-state index in [1.807, 2.05) is 44.3 Å². The van der Waals surface area contributed by atoms with Gasteiger partial charge in [-0.1, -0.05) is 35.5 Å². The van der Waals surface area contributed by atoms with E-state index in [9.17, 15) is 4.79 Å². The Labute approximate surface area is 129 Å². The van der Waals surface area contributed by atoms with Gasteiger partial charge >= 0.3 is 6.03 Å². The number of hydrogen-bond donors (Lipinski definition) is 1. The summed E-state index contributed by atoms with van der Waals surface area (Å²) in [6.45, 7) is 1.86. The molecule has 22 heavy (non-hydrogen) atoms. The zero-order valence-electron chi connectivity index (χ0n) is 12.8. The van der Waals surface area contributed by atoms with Crippen molar-refractivity contribution in [2.75, 3.05) is 7.05 Å². The molecule has 1 N–H and O–H groups in total. The lowest BCUT2D eigenvalue weighted by Crippen LogP contribution is -2.40. The van der Waals surface area contributed by atoms with E-state index in [0.717, 1.165) is 18.4 Å². The van der Waals surface area contributed by atoms with Crippen LogP contribution in [0.3, 0.4) is 0 Å². The van der Waals surface area contributed by atoms with E-state index < -0.39 is 0 Å². The van der Waals surface area contributed by atoms with Crippen LogP contribution in [0.5, 0.6) is 0 Å². The molecule has 1 aliphatic carbocycles. The van der Waals surface area contributed by atoms with E-state index in [-0.39, 0.29) is 12.1 Å². The highest BCUT2D eigenvalue weighted by atomic mass is 16.5. The summed E-state index contributed by atoms with van der Waals surface area (Å²) < 4.78 is 5.27. The largest absolute Gasteiger partial charge is 0.339 e. The second-order valence-electron chi connectivity index (χ2n) is 5.72. The first-order valence-corrected chi connectivity index (χ1v) is 7.53. The molecule has 0 unspecified atom stereocenters. The molecule has 0 aliphatic heterocycles. The van der Waals surface area contributed by atoms with Crippen molar-refractivity contribution < 1.29 is 9.32 Å². The molecule has 3 rings (SSSR count). The van der Waals surface area contributed by atoms with Crippen LogP contribution in [0.4, 0.5) is 4.79 Å². The zero-order chi connectivity index (χ0) is 15.5. The lowest BCUT2D eigenvalue weighted by Gasteiger charge is -2.19. The third kappa shape index (κ3) is 3.44. The predicted octanol–water partition coefficient (Wildman–Crippen LogP) is 2.53. The SMILES string of the molecule is C[C@@H](NC(=O)N(C)C1CC1)c1noc(Cc2ccccc2)n1. The van der Waals surface area contributed by atoms with Crippen LogP contribution in [-0.2, 0) is 6.42 Å². The number of carbonyl (C=O) groups is 1. The molecule has 0 spiro atoms. The molecular weight excluding hydrogens is 280 g/mol. The number of benzene rings is 1.